The van der Waals surface area contributed by atoms with Crippen LogP contribution in [-0.4, -0.2) is 27.8 Å². The Hall–Kier alpha value is -4.97. The summed E-state index contributed by atoms with van der Waals surface area (Å²) in [7, 11) is 6.05. The second-order valence-electron chi connectivity index (χ2n) is 10.3. The summed E-state index contributed by atoms with van der Waals surface area (Å²) in [5.41, 5.74) is 9.45. The zero-order valence-electron chi connectivity index (χ0n) is 21.4. The number of aromatic amines is 3. The van der Waals surface area contributed by atoms with Gasteiger partial charge in [0.25, 0.3) is 0 Å². The van der Waals surface area contributed by atoms with Crippen LogP contribution in [0.15, 0.2) is 91.1 Å². The lowest BCUT2D eigenvalue weighted by atomic mass is 9.94. The number of hydrogen-bond donors (Lipinski definition) is 4. The number of hydrogen-bond acceptors (Lipinski definition) is 2. The number of rotatable bonds is 4. The summed E-state index contributed by atoms with van der Waals surface area (Å²) in [6.07, 6.45) is 2.05. The van der Waals surface area contributed by atoms with Crippen LogP contribution >= 0.6 is 0 Å². The van der Waals surface area contributed by atoms with E-state index in [0.29, 0.717) is 6.54 Å². The molecule has 0 aliphatic rings. The first kappa shape index (κ1) is 22.1. The average Bonchev–Trinajstić information content (AvgIpc) is 3.66. The van der Waals surface area contributed by atoms with Gasteiger partial charge in [0.15, 0.2) is 0 Å². The second kappa shape index (κ2) is 8.27. The molecule has 6 heteroatoms. The summed E-state index contributed by atoms with van der Waals surface area (Å²) in [6.45, 7) is 2.80. The summed E-state index contributed by atoms with van der Waals surface area (Å²) in [6, 6.07) is 29.5. The molecule has 0 bridgehead atoms. The number of anilines is 1. The van der Waals surface area contributed by atoms with Crippen LogP contribution in [0.3, 0.4) is 0 Å². The van der Waals surface area contributed by atoms with Gasteiger partial charge in [0.1, 0.15) is 13.7 Å². The van der Waals surface area contributed by atoms with Gasteiger partial charge in [-0.1, -0.05) is 66.1 Å². The van der Waals surface area contributed by atoms with Crippen molar-refractivity contribution in [1.82, 2.24) is 19.9 Å². The minimum atomic E-state index is 0.687. The molecule has 0 spiro atoms. The Kier molecular flexibility index (Phi) is 4.68. The Morgan fingerprint density at radius 2 is 1.54 bits per heavy atom. The summed E-state index contributed by atoms with van der Waals surface area (Å²) >= 11 is 0. The first-order valence-corrected chi connectivity index (χ1v) is 13.2. The smallest absolute Gasteiger partial charge is 0.140 e. The van der Waals surface area contributed by atoms with Gasteiger partial charge in [-0.3, -0.25) is 0 Å². The monoisotopic (exact) mass is 501 g/mol. The van der Waals surface area contributed by atoms with Crippen LogP contribution in [0, 0.1) is 6.92 Å². The molecule has 2 radical (unpaired) electrons. The van der Waals surface area contributed by atoms with E-state index in [1.807, 2.05) is 24.4 Å². The summed E-state index contributed by atoms with van der Waals surface area (Å²) in [5, 5.41) is 10.6. The van der Waals surface area contributed by atoms with Crippen molar-refractivity contribution < 1.29 is 0 Å². The first-order valence-electron chi connectivity index (χ1n) is 13.2. The number of aromatic nitrogens is 4. The minimum absolute atomic E-state index is 0.687. The highest BCUT2D eigenvalue weighted by atomic mass is 14.9. The fraction of sp³-hybridized carbons (Fsp3) is 0.0606. The third-order valence-corrected chi connectivity index (χ3v) is 7.87. The van der Waals surface area contributed by atoms with Gasteiger partial charge in [-0.2, -0.15) is 0 Å². The summed E-state index contributed by atoms with van der Waals surface area (Å²) in [5.74, 6) is 0.882. The van der Waals surface area contributed by atoms with E-state index in [9.17, 15) is 0 Å². The van der Waals surface area contributed by atoms with Crippen LogP contribution in [0.2, 0.25) is 0 Å². The number of fused-ring (bicyclic) bond motifs is 8. The van der Waals surface area contributed by atoms with Gasteiger partial charge < -0.3 is 20.3 Å². The summed E-state index contributed by atoms with van der Waals surface area (Å²) in [4.78, 5) is 15.8. The van der Waals surface area contributed by atoms with E-state index in [-0.39, 0.29) is 0 Å². The quantitative estimate of drug-likeness (QED) is 0.152. The fourth-order valence-corrected chi connectivity index (χ4v) is 6.02. The van der Waals surface area contributed by atoms with E-state index in [1.165, 1.54) is 27.1 Å². The topological polar surface area (TPSA) is 72.3 Å². The molecule has 3 aromatic heterocycles. The largest absolute Gasteiger partial charge is 0.381 e. The van der Waals surface area contributed by atoms with E-state index in [0.717, 1.165) is 61.1 Å². The van der Waals surface area contributed by atoms with Crippen LogP contribution in [0.5, 0.6) is 0 Å². The molecule has 39 heavy (non-hydrogen) atoms. The van der Waals surface area contributed by atoms with Crippen molar-refractivity contribution in [2.24, 2.45) is 0 Å². The number of para-hydroxylation sites is 1. The standard InChI is InChI=1S/C33H24BN5/c1-18-30(25-8-4-5-9-29(25)37-18)33-38-31-24-7-3-2-6-22(24)23-12-11-21(15-27(23)32(31)39-33)35-16-19-17-36-28-13-10-20(34)14-26(19)28/h2-15,17,35-37H,16H2,1H3,(H,38,39). The molecule has 3 heterocycles. The van der Waals surface area contributed by atoms with E-state index in [1.54, 1.807) is 0 Å². The molecule has 0 fully saturated rings. The minimum Gasteiger partial charge on any atom is -0.381 e. The molecule has 4 N–H and O–H groups in total. The molecule has 8 aromatic rings. The maximum atomic E-state index is 6.05. The fourth-order valence-electron chi connectivity index (χ4n) is 6.02. The second-order valence-corrected chi connectivity index (χ2v) is 10.3. The summed E-state index contributed by atoms with van der Waals surface area (Å²) < 4.78 is 0. The van der Waals surface area contributed by atoms with E-state index in [2.05, 4.69) is 93.9 Å². The Bertz CT molecular complexity index is 2220. The van der Waals surface area contributed by atoms with Gasteiger partial charge in [-0.15, -0.1) is 0 Å². The molecular formula is C33H24BN5. The molecule has 8 rings (SSSR count). The van der Waals surface area contributed by atoms with Gasteiger partial charge in [-0.25, -0.2) is 4.98 Å². The highest BCUT2D eigenvalue weighted by Crippen LogP contribution is 2.38. The molecule has 184 valence electrons. The SMILES string of the molecule is [B]c1ccc2[nH]cc(CNc3ccc4c5ccccc5c5[nH]c(-c6c(C)[nH]c7ccccc67)nc5c4c3)c2c1. The number of nitrogens with one attached hydrogen (secondary N) is 4. The molecule has 0 unspecified atom stereocenters. The van der Waals surface area contributed by atoms with Gasteiger partial charge in [0, 0.05) is 62.3 Å². The Labute approximate surface area is 225 Å². The molecule has 0 aliphatic heterocycles. The van der Waals surface area contributed by atoms with Gasteiger partial charge in [0.05, 0.1) is 11.0 Å². The number of aryl methyl sites for hydroxylation is 1. The number of nitrogens with zero attached hydrogens (tertiary/aromatic N) is 1. The number of benzene rings is 5. The average molecular weight is 501 g/mol. The first-order chi connectivity index (χ1) is 19.1. The Morgan fingerprint density at radius 1 is 0.744 bits per heavy atom. The number of H-pyrrole nitrogens is 3. The molecule has 5 nitrogen and oxygen atoms in total. The normalized spacial score (nSPS) is 11.9. The lowest BCUT2D eigenvalue weighted by Gasteiger charge is -2.10. The van der Waals surface area contributed by atoms with Gasteiger partial charge in [0.2, 0.25) is 0 Å². The van der Waals surface area contributed by atoms with E-state index in [4.69, 9.17) is 12.8 Å². The molecular weight excluding hydrogens is 477 g/mol. The van der Waals surface area contributed by atoms with Crippen molar-refractivity contribution in [2.75, 3.05) is 5.32 Å². The maximum Gasteiger partial charge on any atom is 0.140 e. The van der Waals surface area contributed by atoms with Crippen molar-refractivity contribution in [2.45, 2.75) is 13.5 Å². The number of imidazole rings is 1. The lowest BCUT2D eigenvalue weighted by Crippen LogP contribution is -2.02. The zero-order chi connectivity index (χ0) is 26.1. The Balaban J connectivity index is 1.29. The van der Waals surface area contributed by atoms with Crippen LogP contribution in [0.4, 0.5) is 5.69 Å². The Morgan fingerprint density at radius 3 is 2.44 bits per heavy atom. The molecule has 0 saturated carbocycles. The molecule has 5 aromatic carbocycles. The van der Waals surface area contributed by atoms with Gasteiger partial charge in [-0.05, 0) is 47.5 Å². The molecule has 0 aliphatic carbocycles. The highest BCUT2D eigenvalue weighted by Gasteiger charge is 2.18. The zero-order valence-corrected chi connectivity index (χ0v) is 21.4. The van der Waals surface area contributed by atoms with Crippen LogP contribution in [0.1, 0.15) is 11.3 Å². The third-order valence-electron chi connectivity index (χ3n) is 7.87. The van der Waals surface area contributed by atoms with Crippen molar-refractivity contribution in [3.8, 4) is 11.4 Å². The molecule has 0 amide bonds. The maximum absolute atomic E-state index is 6.05. The van der Waals surface area contributed by atoms with Crippen molar-refractivity contribution in [3.63, 3.8) is 0 Å². The lowest BCUT2D eigenvalue weighted by molar-refractivity contribution is 1.16. The third kappa shape index (κ3) is 3.38. The van der Waals surface area contributed by atoms with Crippen LogP contribution in [0.25, 0.3) is 65.8 Å². The molecule has 0 atom stereocenters. The van der Waals surface area contributed by atoms with Crippen molar-refractivity contribution >= 4 is 73.4 Å². The predicted molar refractivity (Wildman–Crippen MR) is 164 cm³/mol. The predicted octanol–water partition coefficient (Wildman–Crippen LogP) is 7.21. The highest BCUT2D eigenvalue weighted by molar-refractivity contribution is 6.33. The van der Waals surface area contributed by atoms with E-state index >= 15 is 0 Å². The van der Waals surface area contributed by atoms with Crippen molar-refractivity contribution in [3.05, 3.63) is 102 Å². The van der Waals surface area contributed by atoms with Crippen LogP contribution < -0.4 is 10.8 Å². The molecule has 0 saturated heterocycles. The van der Waals surface area contributed by atoms with E-state index < -0.39 is 0 Å². The van der Waals surface area contributed by atoms with Crippen molar-refractivity contribution in [1.29, 1.82) is 0 Å². The van der Waals surface area contributed by atoms with Crippen LogP contribution in [-0.2, 0) is 6.54 Å². The van der Waals surface area contributed by atoms with Gasteiger partial charge >= 0.3 is 0 Å².